The van der Waals surface area contributed by atoms with Crippen molar-refractivity contribution in [3.8, 4) is 16.9 Å². The van der Waals surface area contributed by atoms with Crippen LogP contribution in [0.15, 0.2) is 24.4 Å². The van der Waals surface area contributed by atoms with Gasteiger partial charge < -0.3 is 9.84 Å². The monoisotopic (exact) mass is 264 g/mol. The molecule has 100 valence electrons. The molecular weight excluding hydrogens is 251 g/mol. The number of rotatable bonds is 4. The second-order valence-electron chi connectivity index (χ2n) is 4.04. The first-order valence-corrected chi connectivity index (χ1v) is 5.61. The number of ether oxygens (including phenoxy) is 1. The van der Waals surface area contributed by atoms with Crippen molar-refractivity contribution in [3.63, 3.8) is 0 Å². The first-order valence-electron chi connectivity index (χ1n) is 5.61. The summed E-state index contributed by atoms with van der Waals surface area (Å²) in [6, 6.07) is 4.17. The summed E-state index contributed by atoms with van der Waals surface area (Å²) >= 11 is 0. The van der Waals surface area contributed by atoms with Crippen LogP contribution < -0.4 is 4.74 Å². The second kappa shape index (κ2) is 5.09. The van der Waals surface area contributed by atoms with Gasteiger partial charge in [-0.05, 0) is 25.1 Å². The largest absolute Gasteiger partial charge is 0.496 e. The molecule has 19 heavy (non-hydrogen) atoms. The lowest BCUT2D eigenvalue weighted by molar-refractivity contribution is -0.137. The summed E-state index contributed by atoms with van der Waals surface area (Å²) in [6.45, 7) is 1.50. The topological polar surface area (TPSA) is 64.4 Å². The fourth-order valence-corrected chi connectivity index (χ4v) is 1.89. The first-order chi connectivity index (χ1) is 9.02. The van der Waals surface area contributed by atoms with Crippen LogP contribution in [0.1, 0.15) is 5.69 Å². The zero-order valence-electron chi connectivity index (χ0n) is 10.6. The minimum atomic E-state index is -0.982. The molecule has 6 heteroatoms. The summed E-state index contributed by atoms with van der Waals surface area (Å²) in [5.41, 5.74) is 1.85. The van der Waals surface area contributed by atoms with Crippen LogP contribution in [-0.4, -0.2) is 28.0 Å². The number of methoxy groups -OCH3 is 1. The molecule has 1 heterocycles. The summed E-state index contributed by atoms with van der Waals surface area (Å²) in [4.78, 5) is 10.7. The third kappa shape index (κ3) is 2.57. The summed E-state index contributed by atoms with van der Waals surface area (Å²) in [6.07, 6.45) is 1.51. The molecule has 5 nitrogen and oxygen atoms in total. The number of hydrogen-bond donors (Lipinski definition) is 1. The Labute approximate surface area is 109 Å². The first kappa shape index (κ1) is 13.1. The number of halogens is 1. The third-order valence-corrected chi connectivity index (χ3v) is 2.84. The van der Waals surface area contributed by atoms with E-state index in [0.717, 1.165) is 0 Å². The molecule has 0 aliphatic carbocycles. The van der Waals surface area contributed by atoms with Crippen molar-refractivity contribution < 1.29 is 19.0 Å². The summed E-state index contributed by atoms with van der Waals surface area (Å²) in [5, 5.41) is 12.8. The van der Waals surface area contributed by atoms with Crippen LogP contribution in [-0.2, 0) is 11.3 Å². The zero-order chi connectivity index (χ0) is 14.0. The molecule has 2 aromatic rings. The molecule has 1 aromatic carbocycles. The van der Waals surface area contributed by atoms with Gasteiger partial charge in [-0.1, -0.05) is 0 Å². The predicted octanol–water partition coefficient (Wildman–Crippen LogP) is 2.09. The van der Waals surface area contributed by atoms with Gasteiger partial charge in [0.15, 0.2) is 0 Å². The molecule has 0 unspecified atom stereocenters. The zero-order valence-corrected chi connectivity index (χ0v) is 10.6. The average Bonchev–Trinajstić information content (AvgIpc) is 2.70. The van der Waals surface area contributed by atoms with Crippen molar-refractivity contribution in [2.24, 2.45) is 0 Å². The molecule has 0 saturated heterocycles. The highest BCUT2D eigenvalue weighted by molar-refractivity contribution is 5.73. The number of nitrogens with zero attached hydrogens (tertiary/aromatic N) is 2. The van der Waals surface area contributed by atoms with E-state index in [4.69, 9.17) is 9.84 Å². The molecule has 0 aliphatic rings. The van der Waals surface area contributed by atoms with Gasteiger partial charge >= 0.3 is 5.97 Å². The number of aliphatic carboxylic acids is 1. The normalized spacial score (nSPS) is 10.5. The van der Waals surface area contributed by atoms with Gasteiger partial charge in [0, 0.05) is 16.8 Å². The van der Waals surface area contributed by atoms with Gasteiger partial charge in [0.1, 0.15) is 18.1 Å². The van der Waals surface area contributed by atoms with Crippen molar-refractivity contribution in [2.45, 2.75) is 13.5 Å². The van der Waals surface area contributed by atoms with Crippen LogP contribution >= 0.6 is 0 Å². The highest BCUT2D eigenvalue weighted by atomic mass is 19.1. The Morgan fingerprint density at radius 1 is 1.47 bits per heavy atom. The van der Waals surface area contributed by atoms with Crippen LogP contribution in [0.5, 0.6) is 5.75 Å². The van der Waals surface area contributed by atoms with Gasteiger partial charge in [-0.3, -0.25) is 9.48 Å². The van der Waals surface area contributed by atoms with E-state index in [9.17, 15) is 9.18 Å². The Morgan fingerprint density at radius 2 is 2.21 bits per heavy atom. The Balaban J connectivity index is 2.50. The highest BCUT2D eigenvalue weighted by Crippen LogP contribution is 2.32. The molecule has 0 spiro atoms. The number of carboxylic acid groups (broad SMARTS) is 1. The summed E-state index contributed by atoms with van der Waals surface area (Å²) < 4.78 is 19.9. The van der Waals surface area contributed by atoms with Crippen LogP contribution in [0.3, 0.4) is 0 Å². The maximum absolute atomic E-state index is 13.3. The lowest BCUT2D eigenvalue weighted by atomic mass is 10.1. The number of carbonyl (C=O) groups is 1. The molecule has 1 N–H and O–H groups in total. The van der Waals surface area contributed by atoms with Gasteiger partial charge in [0.25, 0.3) is 0 Å². The SMILES string of the molecule is COc1ccc(F)cc1-c1cnn(CC(=O)O)c1C. The van der Waals surface area contributed by atoms with E-state index in [1.54, 1.807) is 6.92 Å². The third-order valence-electron chi connectivity index (χ3n) is 2.84. The number of hydrogen-bond acceptors (Lipinski definition) is 3. The molecular formula is C13H13FN2O3. The van der Waals surface area contributed by atoms with Crippen LogP contribution in [0, 0.1) is 12.7 Å². The van der Waals surface area contributed by atoms with E-state index in [1.165, 1.54) is 36.2 Å². The summed E-state index contributed by atoms with van der Waals surface area (Å²) in [7, 11) is 1.49. The fourth-order valence-electron chi connectivity index (χ4n) is 1.89. The Kier molecular flexibility index (Phi) is 3.50. The van der Waals surface area contributed by atoms with Crippen LogP contribution in [0.25, 0.3) is 11.1 Å². The lowest BCUT2D eigenvalue weighted by Gasteiger charge is -2.08. The van der Waals surface area contributed by atoms with E-state index < -0.39 is 5.97 Å². The summed E-state index contributed by atoms with van der Waals surface area (Å²) in [5.74, 6) is -0.857. The highest BCUT2D eigenvalue weighted by Gasteiger charge is 2.15. The van der Waals surface area contributed by atoms with Gasteiger partial charge in [-0.15, -0.1) is 0 Å². The minimum absolute atomic E-state index is 0.233. The van der Waals surface area contributed by atoms with E-state index in [1.807, 2.05) is 0 Å². The van der Waals surface area contributed by atoms with Gasteiger partial charge in [-0.2, -0.15) is 5.10 Å². The van der Waals surface area contributed by atoms with Crippen molar-refractivity contribution in [3.05, 3.63) is 35.9 Å². The molecule has 0 fully saturated rings. The van der Waals surface area contributed by atoms with Gasteiger partial charge in [0.2, 0.25) is 0 Å². The molecule has 0 atom stereocenters. The number of benzene rings is 1. The lowest BCUT2D eigenvalue weighted by Crippen LogP contribution is -2.11. The Hall–Kier alpha value is -2.37. The smallest absolute Gasteiger partial charge is 0.325 e. The Bertz CT molecular complexity index is 622. The molecule has 2 rings (SSSR count). The standard InChI is InChI=1S/C13H13FN2O3/c1-8-11(6-15-16(8)7-13(17)18)10-5-9(14)3-4-12(10)19-2/h3-6H,7H2,1-2H3,(H,17,18). The molecule has 0 aliphatic heterocycles. The van der Waals surface area contributed by atoms with Crippen molar-refractivity contribution in [1.82, 2.24) is 9.78 Å². The molecule has 0 bridgehead atoms. The molecule has 0 amide bonds. The van der Waals surface area contributed by atoms with E-state index in [-0.39, 0.29) is 12.4 Å². The molecule has 0 saturated carbocycles. The number of carboxylic acids is 1. The fraction of sp³-hybridized carbons (Fsp3) is 0.231. The quantitative estimate of drug-likeness (QED) is 0.918. The maximum atomic E-state index is 13.3. The van der Waals surface area contributed by atoms with E-state index in [2.05, 4.69) is 5.10 Å². The van der Waals surface area contributed by atoms with Gasteiger partial charge in [-0.25, -0.2) is 4.39 Å². The molecule has 0 radical (unpaired) electrons. The maximum Gasteiger partial charge on any atom is 0.325 e. The van der Waals surface area contributed by atoms with Crippen LogP contribution in [0.2, 0.25) is 0 Å². The van der Waals surface area contributed by atoms with E-state index in [0.29, 0.717) is 22.6 Å². The Morgan fingerprint density at radius 3 is 2.84 bits per heavy atom. The predicted molar refractivity (Wildman–Crippen MR) is 66.5 cm³/mol. The van der Waals surface area contributed by atoms with Crippen LogP contribution in [0.4, 0.5) is 4.39 Å². The van der Waals surface area contributed by atoms with Gasteiger partial charge in [0.05, 0.1) is 13.3 Å². The number of aromatic nitrogens is 2. The van der Waals surface area contributed by atoms with E-state index >= 15 is 0 Å². The second-order valence-corrected chi connectivity index (χ2v) is 4.04. The van der Waals surface area contributed by atoms with Crippen molar-refractivity contribution in [2.75, 3.05) is 7.11 Å². The molecule has 1 aromatic heterocycles. The minimum Gasteiger partial charge on any atom is -0.496 e. The average molecular weight is 264 g/mol. The van der Waals surface area contributed by atoms with Crippen molar-refractivity contribution in [1.29, 1.82) is 0 Å². The van der Waals surface area contributed by atoms with Crippen molar-refractivity contribution >= 4 is 5.97 Å².